The number of piperazine rings is 1. The number of halogens is 1. The number of benzene rings is 2. The van der Waals surface area contributed by atoms with Crippen molar-refractivity contribution in [2.75, 3.05) is 31.5 Å². The summed E-state index contributed by atoms with van der Waals surface area (Å²) in [5.74, 6) is -0.368. The zero-order valence-corrected chi connectivity index (χ0v) is 16.9. The number of nitro benzene ring substituents is 1. The standard InChI is InChI=1S/C21H20ClN5O3/c22-19-7-6-18(12-20(19)27(29)30)24-14-17(13-23)21(28)26-10-8-25(9-11-26)15-16-4-2-1-3-5-16/h1-7,12,14,24H,8-11,15H2/b17-14-. The number of carbonyl (C=O) groups is 1. The molecular weight excluding hydrogens is 406 g/mol. The van der Waals surface area contributed by atoms with Crippen LogP contribution in [0.5, 0.6) is 0 Å². The van der Waals surface area contributed by atoms with Crippen molar-refractivity contribution in [3.05, 3.63) is 81.0 Å². The molecule has 0 radical (unpaired) electrons. The van der Waals surface area contributed by atoms with Crippen LogP contribution in [0.3, 0.4) is 0 Å². The predicted molar refractivity (Wildman–Crippen MR) is 114 cm³/mol. The quantitative estimate of drug-likeness (QED) is 0.329. The fraction of sp³-hybridized carbons (Fsp3) is 0.238. The second-order valence-corrected chi connectivity index (χ2v) is 7.20. The highest BCUT2D eigenvalue weighted by Crippen LogP contribution is 2.27. The number of anilines is 1. The highest BCUT2D eigenvalue weighted by molar-refractivity contribution is 6.32. The lowest BCUT2D eigenvalue weighted by Crippen LogP contribution is -2.48. The van der Waals surface area contributed by atoms with E-state index >= 15 is 0 Å². The van der Waals surface area contributed by atoms with E-state index < -0.39 is 4.92 Å². The average molecular weight is 426 g/mol. The molecule has 0 spiro atoms. The van der Waals surface area contributed by atoms with E-state index in [1.165, 1.54) is 30.0 Å². The molecule has 1 N–H and O–H groups in total. The van der Waals surface area contributed by atoms with Crippen LogP contribution >= 0.6 is 11.6 Å². The van der Waals surface area contributed by atoms with Crippen molar-refractivity contribution in [3.63, 3.8) is 0 Å². The molecule has 2 aromatic carbocycles. The average Bonchev–Trinajstić information content (AvgIpc) is 2.76. The van der Waals surface area contributed by atoms with E-state index in [0.29, 0.717) is 18.8 Å². The summed E-state index contributed by atoms with van der Waals surface area (Å²) >= 11 is 5.79. The number of nitro groups is 1. The van der Waals surface area contributed by atoms with Gasteiger partial charge in [-0.1, -0.05) is 41.9 Å². The van der Waals surface area contributed by atoms with Crippen molar-refractivity contribution >= 4 is 28.9 Å². The lowest BCUT2D eigenvalue weighted by Gasteiger charge is -2.34. The van der Waals surface area contributed by atoms with Gasteiger partial charge in [0.05, 0.1) is 4.92 Å². The fourth-order valence-electron chi connectivity index (χ4n) is 3.16. The minimum Gasteiger partial charge on any atom is -0.360 e. The maximum atomic E-state index is 12.7. The zero-order valence-electron chi connectivity index (χ0n) is 16.1. The largest absolute Gasteiger partial charge is 0.360 e. The number of rotatable bonds is 6. The van der Waals surface area contributed by atoms with E-state index in [1.54, 1.807) is 4.90 Å². The third kappa shape index (κ3) is 5.35. The van der Waals surface area contributed by atoms with Crippen LogP contribution in [-0.4, -0.2) is 46.8 Å². The van der Waals surface area contributed by atoms with Crippen molar-refractivity contribution < 1.29 is 9.72 Å². The van der Waals surface area contributed by atoms with Crippen LogP contribution in [0.2, 0.25) is 5.02 Å². The molecule has 2 aromatic rings. The van der Waals surface area contributed by atoms with Crippen molar-refractivity contribution in [1.29, 1.82) is 5.26 Å². The second-order valence-electron chi connectivity index (χ2n) is 6.79. The van der Waals surface area contributed by atoms with Crippen LogP contribution in [0.4, 0.5) is 11.4 Å². The summed E-state index contributed by atoms with van der Waals surface area (Å²) in [6.45, 7) is 3.31. The van der Waals surface area contributed by atoms with E-state index in [0.717, 1.165) is 19.6 Å². The lowest BCUT2D eigenvalue weighted by atomic mass is 10.2. The van der Waals surface area contributed by atoms with Gasteiger partial charge in [-0.15, -0.1) is 0 Å². The van der Waals surface area contributed by atoms with Gasteiger partial charge in [0.2, 0.25) is 0 Å². The molecule has 1 amide bonds. The molecule has 1 saturated heterocycles. The number of hydrogen-bond acceptors (Lipinski definition) is 6. The van der Waals surface area contributed by atoms with Gasteiger partial charge in [-0.3, -0.25) is 19.8 Å². The molecule has 3 rings (SSSR count). The molecule has 1 aliphatic heterocycles. The minimum absolute atomic E-state index is 0.0134. The van der Waals surface area contributed by atoms with E-state index in [-0.39, 0.29) is 22.2 Å². The monoisotopic (exact) mass is 425 g/mol. The number of carbonyl (C=O) groups excluding carboxylic acids is 1. The predicted octanol–water partition coefficient (Wildman–Crippen LogP) is 3.41. The highest BCUT2D eigenvalue weighted by Gasteiger charge is 2.23. The fourth-order valence-corrected chi connectivity index (χ4v) is 3.35. The third-order valence-electron chi connectivity index (χ3n) is 4.79. The summed E-state index contributed by atoms with van der Waals surface area (Å²) in [5.41, 5.74) is 1.26. The first-order valence-corrected chi connectivity index (χ1v) is 9.72. The Balaban J connectivity index is 1.59. The molecule has 1 aliphatic rings. The molecule has 0 unspecified atom stereocenters. The Morgan fingerprint density at radius 1 is 1.20 bits per heavy atom. The maximum absolute atomic E-state index is 12.7. The second kappa shape index (κ2) is 9.87. The van der Waals surface area contributed by atoms with Crippen molar-refractivity contribution in [1.82, 2.24) is 9.80 Å². The summed E-state index contributed by atoms with van der Waals surface area (Å²) in [6, 6.07) is 16.2. The van der Waals surface area contributed by atoms with Gasteiger partial charge in [0.25, 0.3) is 11.6 Å². The minimum atomic E-state index is -0.595. The Bertz CT molecular complexity index is 995. The van der Waals surface area contributed by atoms with Crippen molar-refractivity contribution in [2.24, 2.45) is 0 Å². The Morgan fingerprint density at radius 2 is 1.90 bits per heavy atom. The van der Waals surface area contributed by atoms with Gasteiger partial charge in [0.15, 0.2) is 0 Å². The van der Waals surface area contributed by atoms with Gasteiger partial charge in [0, 0.05) is 50.7 Å². The molecule has 0 bridgehead atoms. The molecule has 9 heteroatoms. The van der Waals surface area contributed by atoms with Gasteiger partial charge < -0.3 is 10.2 Å². The number of nitriles is 1. The van der Waals surface area contributed by atoms with Crippen LogP contribution in [0.15, 0.2) is 60.3 Å². The molecule has 0 aliphatic carbocycles. The summed E-state index contributed by atoms with van der Waals surface area (Å²) in [6.07, 6.45) is 1.27. The Labute approximate surface area is 179 Å². The van der Waals surface area contributed by atoms with Gasteiger partial charge in [-0.25, -0.2) is 0 Å². The van der Waals surface area contributed by atoms with Gasteiger partial charge in [0.1, 0.15) is 16.7 Å². The van der Waals surface area contributed by atoms with E-state index in [9.17, 15) is 20.2 Å². The first kappa shape index (κ1) is 21.3. The summed E-state index contributed by atoms with van der Waals surface area (Å²) in [7, 11) is 0. The summed E-state index contributed by atoms with van der Waals surface area (Å²) in [5, 5.41) is 23.2. The first-order chi connectivity index (χ1) is 14.5. The molecular formula is C21H20ClN5O3. The molecule has 0 atom stereocenters. The summed E-state index contributed by atoms with van der Waals surface area (Å²) in [4.78, 5) is 27.0. The van der Waals surface area contributed by atoms with E-state index in [4.69, 9.17) is 11.6 Å². The summed E-state index contributed by atoms with van der Waals surface area (Å²) < 4.78 is 0. The SMILES string of the molecule is N#C/C(=C/Nc1ccc(Cl)c([N+](=O)[O-])c1)C(=O)N1CCN(Cc2ccccc2)CC1. The molecule has 30 heavy (non-hydrogen) atoms. The van der Waals surface area contributed by atoms with E-state index in [2.05, 4.69) is 22.3 Å². The van der Waals surface area contributed by atoms with Crippen LogP contribution in [0.25, 0.3) is 0 Å². The Morgan fingerprint density at radius 3 is 2.53 bits per heavy atom. The highest BCUT2D eigenvalue weighted by atomic mass is 35.5. The lowest BCUT2D eigenvalue weighted by molar-refractivity contribution is -0.384. The molecule has 0 saturated carbocycles. The van der Waals surface area contributed by atoms with Crippen LogP contribution in [0, 0.1) is 21.4 Å². The number of nitrogens with one attached hydrogen (secondary N) is 1. The van der Waals surface area contributed by atoms with Crippen molar-refractivity contribution in [3.8, 4) is 6.07 Å². The van der Waals surface area contributed by atoms with Gasteiger partial charge in [-0.2, -0.15) is 5.26 Å². The van der Waals surface area contributed by atoms with Gasteiger partial charge >= 0.3 is 0 Å². The topological polar surface area (TPSA) is 103 Å². The zero-order chi connectivity index (χ0) is 21.5. The third-order valence-corrected chi connectivity index (χ3v) is 5.10. The normalized spacial score (nSPS) is 14.8. The smallest absolute Gasteiger partial charge is 0.289 e. The van der Waals surface area contributed by atoms with Gasteiger partial charge in [-0.05, 0) is 17.7 Å². The van der Waals surface area contributed by atoms with Crippen LogP contribution < -0.4 is 5.32 Å². The van der Waals surface area contributed by atoms with E-state index in [1.807, 2.05) is 24.3 Å². The number of nitrogens with zero attached hydrogens (tertiary/aromatic N) is 4. The number of hydrogen-bond donors (Lipinski definition) is 1. The molecule has 8 nitrogen and oxygen atoms in total. The number of amides is 1. The maximum Gasteiger partial charge on any atom is 0.289 e. The molecule has 1 fully saturated rings. The molecule has 0 aromatic heterocycles. The Kier molecular flexibility index (Phi) is 7.01. The molecule has 1 heterocycles. The molecule has 154 valence electrons. The Hall–Kier alpha value is -3.41. The van der Waals surface area contributed by atoms with Crippen LogP contribution in [0.1, 0.15) is 5.56 Å². The van der Waals surface area contributed by atoms with Crippen molar-refractivity contribution in [2.45, 2.75) is 6.54 Å². The first-order valence-electron chi connectivity index (χ1n) is 9.34. The van der Waals surface area contributed by atoms with Crippen LogP contribution in [-0.2, 0) is 11.3 Å².